The molecule has 2 aromatic carbocycles. The summed E-state index contributed by atoms with van der Waals surface area (Å²) in [7, 11) is 0. The highest BCUT2D eigenvalue weighted by molar-refractivity contribution is 9.10. The molecule has 0 amide bonds. The summed E-state index contributed by atoms with van der Waals surface area (Å²) < 4.78 is 0.918. The average Bonchev–Trinajstić information content (AvgIpc) is 2.59. The summed E-state index contributed by atoms with van der Waals surface area (Å²) in [6.07, 6.45) is 1.66. The van der Waals surface area contributed by atoms with Crippen molar-refractivity contribution in [3.8, 4) is 0 Å². The van der Waals surface area contributed by atoms with Gasteiger partial charge in [0, 0.05) is 27.1 Å². The van der Waals surface area contributed by atoms with Crippen LogP contribution in [0.5, 0.6) is 0 Å². The number of halogens is 1. The highest BCUT2D eigenvalue weighted by atomic mass is 79.9. The smallest absolute Gasteiger partial charge is 0.256 e. The Hall–Kier alpha value is -2.66. The number of pyridine rings is 2. The third-order valence-electron chi connectivity index (χ3n) is 4.32. The van der Waals surface area contributed by atoms with Gasteiger partial charge in [0.15, 0.2) is 0 Å². The highest BCUT2D eigenvalue weighted by Gasteiger charge is 2.12. The minimum atomic E-state index is -0.119. The van der Waals surface area contributed by atoms with Crippen LogP contribution in [0.4, 0.5) is 11.5 Å². The van der Waals surface area contributed by atoms with Crippen LogP contribution in [0.15, 0.2) is 57.9 Å². The lowest BCUT2D eigenvalue weighted by Gasteiger charge is -2.13. The summed E-state index contributed by atoms with van der Waals surface area (Å²) in [6.45, 7) is 4.10. The van der Waals surface area contributed by atoms with Gasteiger partial charge in [0.2, 0.25) is 0 Å². The number of H-pyrrole nitrogens is 1. The van der Waals surface area contributed by atoms with Gasteiger partial charge in [-0.15, -0.1) is 0 Å². The van der Waals surface area contributed by atoms with E-state index in [1.54, 1.807) is 6.20 Å². The number of hydrogen-bond acceptors (Lipinski definition) is 3. The number of aromatic amines is 1. The van der Waals surface area contributed by atoms with Crippen LogP contribution in [0.25, 0.3) is 21.7 Å². The SMILES string of the molecule is Cc1ccc(C)c(Nc2nc3ccc(Br)cc3c3c(=O)[nH]ccc23)c1. The van der Waals surface area contributed by atoms with Crippen molar-refractivity contribution in [2.45, 2.75) is 13.8 Å². The molecule has 5 heteroatoms. The second kappa shape index (κ2) is 6.01. The second-order valence-electron chi connectivity index (χ2n) is 6.16. The van der Waals surface area contributed by atoms with Crippen molar-refractivity contribution in [1.82, 2.24) is 9.97 Å². The molecule has 4 nitrogen and oxygen atoms in total. The van der Waals surface area contributed by atoms with Crippen LogP contribution in [0.1, 0.15) is 11.1 Å². The first-order valence-electron chi connectivity index (χ1n) is 7.98. The van der Waals surface area contributed by atoms with Crippen LogP contribution < -0.4 is 10.9 Å². The summed E-state index contributed by atoms with van der Waals surface area (Å²) in [5.74, 6) is 0.685. The van der Waals surface area contributed by atoms with E-state index in [0.717, 1.165) is 32.0 Å². The third kappa shape index (κ3) is 2.81. The molecule has 4 rings (SSSR count). The Morgan fingerprint density at radius 2 is 1.88 bits per heavy atom. The molecule has 0 aliphatic rings. The zero-order valence-corrected chi connectivity index (χ0v) is 15.4. The largest absolute Gasteiger partial charge is 0.339 e. The first kappa shape index (κ1) is 15.8. The lowest BCUT2D eigenvalue weighted by atomic mass is 10.1. The number of fused-ring (bicyclic) bond motifs is 3. The van der Waals surface area contributed by atoms with E-state index < -0.39 is 0 Å². The van der Waals surface area contributed by atoms with Crippen molar-refractivity contribution in [1.29, 1.82) is 0 Å². The molecular weight excluding hydrogens is 378 g/mol. The number of nitrogens with zero attached hydrogens (tertiary/aromatic N) is 1. The lowest BCUT2D eigenvalue weighted by molar-refractivity contribution is 1.27. The third-order valence-corrected chi connectivity index (χ3v) is 4.82. The van der Waals surface area contributed by atoms with E-state index in [1.807, 2.05) is 24.3 Å². The molecule has 4 aromatic rings. The quantitative estimate of drug-likeness (QED) is 0.460. The summed E-state index contributed by atoms with van der Waals surface area (Å²) in [5, 5.41) is 5.69. The fourth-order valence-corrected chi connectivity index (χ4v) is 3.38. The number of anilines is 2. The second-order valence-corrected chi connectivity index (χ2v) is 7.08. The molecule has 0 bridgehead atoms. The van der Waals surface area contributed by atoms with Crippen LogP contribution >= 0.6 is 15.9 Å². The van der Waals surface area contributed by atoms with Crippen LogP contribution in [-0.4, -0.2) is 9.97 Å². The molecule has 2 heterocycles. The average molecular weight is 394 g/mol. The van der Waals surface area contributed by atoms with Crippen molar-refractivity contribution in [3.05, 3.63) is 74.6 Å². The van der Waals surface area contributed by atoms with E-state index in [-0.39, 0.29) is 5.56 Å². The van der Waals surface area contributed by atoms with E-state index in [9.17, 15) is 4.79 Å². The molecule has 124 valence electrons. The van der Waals surface area contributed by atoms with E-state index in [2.05, 4.69) is 58.3 Å². The molecule has 0 aliphatic carbocycles. The van der Waals surface area contributed by atoms with Crippen molar-refractivity contribution in [3.63, 3.8) is 0 Å². The molecule has 0 unspecified atom stereocenters. The molecule has 0 saturated heterocycles. The molecule has 25 heavy (non-hydrogen) atoms. The maximum Gasteiger partial charge on any atom is 0.256 e. The predicted molar refractivity (Wildman–Crippen MR) is 107 cm³/mol. The molecule has 0 radical (unpaired) electrons. The molecule has 0 aliphatic heterocycles. The first-order chi connectivity index (χ1) is 12.0. The first-order valence-corrected chi connectivity index (χ1v) is 8.77. The Bertz CT molecular complexity index is 1180. The minimum Gasteiger partial charge on any atom is -0.339 e. The minimum absolute atomic E-state index is 0.119. The van der Waals surface area contributed by atoms with Crippen LogP contribution in [0.3, 0.4) is 0 Å². The summed E-state index contributed by atoms with van der Waals surface area (Å²) in [6, 6.07) is 13.9. The predicted octanol–water partition coefficient (Wildman–Crippen LogP) is 5.20. The fraction of sp³-hybridized carbons (Fsp3) is 0.100. The van der Waals surface area contributed by atoms with Crippen molar-refractivity contribution in [2.24, 2.45) is 0 Å². The Balaban J connectivity index is 2.03. The fourth-order valence-electron chi connectivity index (χ4n) is 3.02. The maximum absolute atomic E-state index is 12.5. The van der Waals surface area contributed by atoms with Crippen LogP contribution in [0, 0.1) is 13.8 Å². The Morgan fingerprint density at radius 3 is 2.72 bits per heavy atom. The van der Waals surface area contributed by atoms with E-state index >= 15 is 0 Å². The maximum atomic E-state index is 12.5. The normalized spacial score (nSPS) is 11.2. The molecule has 2 aromatic heterocycles. The number of aryl methyl sites for hydroxylation is 2. The van der Waals surface area contributed by atoms with Crippen molar-refractivity contribution in [2.75, 3.05) is 5.32 Å². The number of rotatable bonds is 2. The molecule has 0 spiro atoms. The number of aromatic nitrogens is 2. The number of benzene rings is 2. The van der Waals surface area contributed by atoms with E-state index in [0.29, 0.717) is 11.2 Å². The number of hydrogen-bond donors (Lipinski definition) is 2. The summed E-state index contributed by atoms with van der Waals surface area (Å²) in [5.41, 5.74) is 3.94. The number of nitrogens with one attached hydrogen (secondary N) is 2. The van der Waals surface area contributed by atoms with Gasteiger partial charge < -0.3 is 10.3 Å². The van der Waals surface area contributed by atoms with Gasteiger partial charge in [-0.1, -0.05) is 28.1 Å². The summed E-state index contributed by atoms with van der Waals surface area (Å²) >= 11 is 3.48. The van der Waals surface area contributed by atoms with Gasteiger partial charge in [0.25, 0.3) is 5.56 Å². The standard InChI is InChI=1S/C20H16BrN3O/c1-11-3-4-12(2)17(9-11)24-19-14-7-8-22-20(25)18(14)15-10-13(21)5-6-16(15)23-19/h3-10H,1-2H3,(H,22,25)(H,23,24). The molecular formula is C20H16BrN3O. The van der Waals surface area contributed by atoms with Gasteiger partial charge in [-0.2, -0.15) is 0 Å². The van der Waals surface area contributed by atoms with Gasteiger partial charge in [0.1, 0.15) is 5.82 Å². The monoisotopic (exact) mass is 393 g/mol. The van der Waals surface area contributed by atoms with Gasteiger partial charge in [0.05, 0.1) is 10.9 Å². The highest BCUT2D eigenvalue weighted by Crippen LogP contribution is 2.31. The van der Waals surface area contributed by atoms with Gasteiger partial charge in [-0.3, -0.25) is 4.79 Å². The Morgan fingerprint density at radius 1 is 1.04 bits per heavy atom. The molecule has 2 N–H and O–H groups in total. The molecule has 0 fully saturated rings. The van der Waals surface area contributed by atoms with Crippen molar-refractivity contribution < 1.29 is 0 Å². The Labute approximate surface area is 153 Å². The topological polar surface area (TPSA) is 57.8 Å². The Kier molecular flexibility index (Phi) is 3.81. The van der Waals surface area contributed by atoms with Gasteiger partial charge in [-0.25, -0.2) is 4.98 Å². The zero-order chi connectivity index (χ0) is 17.6. The van der Waals surface area contributed by atoms with Gasteiger partial charge >= 0.3 is 0 Å². The lowest BCUT2D eigenvalue weighted by Crippen LogP contribution is -2.08. The molecule has 0 atom stereocenters. The van der Waals surface area contributed by atoms with E-state index in [1.165, 1.54) is 5.56 Å². The van der Waals surface area contributed by atoms with Crippen molar-refractivity contribution >= 4 is 49.1 Å². The molecule has 0 saturated carbocycles. The van der Waals surface area contributed by atoms with Crippen LogP contribution in [0.2, 0.25) is 0 Å². The van der Waals surface area contributed by atoms with E-state index in [4.69, 9.17) is 4.98 Å². The zero-order valence-electron chi connectivity index (χ0n) is 13.9. The van der Waals surface area contributed by atoms with Crippen LogP contribution in [-0.2, 0) is 0 Å². The summed E-state index contributed by atoms with van der Waals surface area (Å²) in [4.78, 5) is 20.0. The van der Waals surface area contributed by atoms with Gasteiger partial charge in [-0.05, 0) is 55.3 Å².